The van der Waals surface area contributed by atoms with Gasteiger partial charge in [0.15, 0.2) is 5.75 Å². The third kappa shape index (κ3) is 8.80. The van der Waals surface area contributed by atoms with E-state index >= 15 is 0 Å². The van der Waals surface area contributed by atoms with E-state index in [2.05, 4.69) is 48.5 Å². The van der Waals surface area contributed by atoms with E-state index in [1.807, 2.05) is 48.5 Å². The molecule has 3 amide bonds. The highest BCUT2D eigenvalue weighted by Gasteiger charge is 2.44. The van der Waals surface area contributed by atoms with Crippen molar-refractivity contribution in [2.45, 2.75) is 38.0 Å². The molecule has 57 heavy (non-hydrogen) atoms. The molecule has 8 rings (SSSR count). The zero-order valence-corrected chi connectivity index (χ0v) is 33.7. The number of thiophene rings is 1. The van der Waals surface area contributed by atoms with E-state index in [9.17, 15) is 24.6 Å². The number of halogens is 1. The van der Waals surface area contributed by atoms with Crippen LogP contribution in [0.5, 0.6) is 23.0 Å². The first kappa shape index (κ1) is 38.9. The van der Waals surface area contributed by atoms with Crippen molar-refractivity contribution in [2.75, 3.05) is 57.7 Å². The Morgan fingerprint density at radius 2 is 1.58 bits per heavy atom. The lowest BCUT2D eigenvalue weighted by Gasteiger charge is -2.33. The number of aliphatic hydroxyl groups excluding tert-OH is 1. The summed E-state index contributed by atoms with van der Waals surface area (Å²) in [6.07, 6.45) is 1.11. The highest BCUT2D eigenvalue weighted by molar-refractivity contribution is 9.10. The summed E-state index contributed by atoms with van der Waals surface area (Å²) in [6.45, 7) is 7.07. The summed E-state index contributed by atoms with van der Waals surface area (Å²) >= 11 is 5.11. The minimum atomic E-state index is -1.27. The number of benzene rings is 4. The molecule has 2 saturated heterocycles. The number of phenols is 1. The first-order valence-electron chi connectivity index (χ1n) is 19.3. The Hall–Kier alpha value is -4.99. The SMILES string of the molecule is O=C1CCC(N2C(=O)c3ccc(NCCCN4CCCN(CCOc5ccc(Oc6c(-c7ccc(Br)cc7)sc7cc(O)ccc67)cc5)CC4)cc3C2=O)C(O)N1. The van der Waals surface area contributed by atoms with E-state index in [-0.39, 0.29) is 24.5 Å². The molecule has 4 heterocycles. The van der Waals surface area contributed by atoms with Crippen molar-refractivity contribution in [2.24, 2.45) is 0 Å². The van der Waals surface area contributed by atoms with E-state index < -0.39 is 24.1 Å². The van der Waals surface area contributed by atoms with Gasteiger partial charge in [-0.25, -0.2) is 0 Å². The second kappa shape index (κ2) is 17.2. The number of phenolic OH excluding ortho intramolecular Hbond substituents is 1. The number of hydrogen-bond acceptors (Lipinski definition) is 11. The molecule has 12 nitrogen and oxygen atoms in total. The van der Waals surface area contributed by atoms with E-state index in [4.69, 9.17) is 9.47 Å². The van der Waals surface area contributed by atoms with Crippen LogP contribution in [0.4, 0.5) is 5.69 Å². The monoisotopic (exact) mass is 853 g/mol. The molecule has 2 atom stereocenters. The fourth-order valence-corrected chi connectivity index (χ4v) is 9.12. The van der Waals surface area contributed by atoms with Crippen LogP contribution in [0, 0.1) is 0 Å². The van der Waals surface area contributed by atoms with E-state index in [1.54, 1.807) is 35.6 Å². The number of piperidine rings is 1. The number of rotatable bonds is 13. The average molecular weight is 855 g/mol. The maximum Gasteiger partial charge on any atom is 0.262 e. The van der Waals surface area contributed by atoms with Gasteiger partial charge in [-0.05, 0) is 117 Å². The van der Waals surface area contributed by atoms with Gasteiger partial charge in [-0.15, -0.1) is 11.3 Å². The Labute approximate surface area is 343 Å². The third-order valence-electron chi connectivity index (χ3n) is 10.7. The molecule has 296 valence electrons. The minimum absolute atomic E-state index is 0.151. The number of anilines is 1. The fraction of sp³-hybridized carbons (Fsp3) is 0.326. The largest absolute Gasteiger partial charge is 0.508 e. The van der Waals surface area contributed by atoms with Crippen LogP contribution in [0.25, 0.3) is 20.5 Å². The smallest absolute Gasteiger partial charge is 0.262 e. The first-order chi connectivity index (χ1) is 27.7. The van der Waals surface area contributed by atoms with Gasteiger partial charge in [0.1, 0.15) is 30.1 Å². The van der Waals surface area contributed by atoms with Gasteiger partial charge in [0.2, 0.25) is 5.91 Å². The number of fused-ring (bicyclic) bond motifs is 2. The molecule has 5 aromatic rings. The van der Waals surface area contributed by atoms with Gasteiger partial charge in [-0.1, -0.05) is 28.1 Å². The fourth-order valence-electron chi connectivity index (χ4n) is 7.69. The molecule has 0 spiro atoms. The number of amides is 3. The summed E-state index contributed by atoms with van der Waals surface area (Å²) in [7, 11) is 0. The summed E-state index contributed by atoms with van der Waals surface area (Å²) < 4.78 is 14.6. The summed E-state index contributed by atoms with van der Waals surface area (Å²) in [5.74, 6) is 1.29. The minimum Gasteiger partial charge on any atom is -0.508 e. The normalized spacial score (nSPS) is 19.1. The molecular formula is C43H44BrN5O7S. The third-order valence-corrected chi connectivity index (χ3v) is 12.4. The lowest BCUT2D eigenvalue weighted by molar-refractivity contribution is -0.129. The molecule has 4 aromatic carbocycles. The van der Waals surface area contributed by atoms with Crippen LogP contribution < -0.4 is 20.1 Å². The molecule has 2 unspecified atom stereocenters. The summed E-state index contributed by atoms with van der Waals surface area (Å²) in [5.41, 5.74) is 2.44. The van der Waals surface area contributed by atoms with Gasteiger partial charge < -0.3 is 35.2 Å². The molecule has 4 N–H and O–H groups in total. The number of carbonyl (C=O) groups is 3. The standard InChI is InChI=1S/C43H44BrN5O7S/c44-28-5-3-27(4-6-28)40-39(34-14-8-30(50)26-37(34)57-40)56-32-11-9-31(10-12-32)55-24-23-48-20-2-19-47(21-22-48)18-1-17-45-29-7-13-33-35(25-29)43(54)49(42(33)53)36-15-16-38(51)46-41(36)52/h3-14,25-26,36,41,45,50,52H,1-2,15-24H2,(H,46,51). The van der Waals surface area contributed by atoms with Crippen LogP contribution in [0.1, 0.15) is 46.4 Å². The zero-order valence-electron chi connectivity index (χ0n) is 31.3. The maximum absolute atomic E-state index is 13.2. The Morgan fingerprint density at radius 3 is 2.35 bits per heavy atom. The number of aliphatic hydroxyl groups is 1. The maximum atomic E-state index is 13.2. The van der Waals surface area contributed by atoms with Crippen LogP contribution in [0.3, 0.4) is 0 Å². The van der Waals surface area contributed by atoms with Gasteiger partial charge >= 0.3 is 0 Å². The van der Waals surface area contributed by atoms with Crippen LogP contribution >= 0.6 is 27.3 Å². The lowest BCUT2D eigenvalue weighted by atomic mass is 10.0. The molecule has 0 saturated carbocycles. The van der Waals surface area contributed by atoms with Crippen molar-refractivity contribution in [3.63, 3.8) is 0 Å². The summed E-state index contributed by atoms with van der Waals surface area (Å²) in [5, 5.41) is 27.2. The number of ether oxygens (including phenoxy) is 2. The van der Waals surface area contributed by atoms with Crippen LogP contribution in [0.2, 0.25) is 0 Å². The Bertz CT molecular complexity index is 2270. The molecule has 0 bridgehead atoms. The average Bonchev–Trinajstić information content (AvgIpc) is 3.55. The van der Waals surface area contributed by atoms with Crippen LogP contribution in [0.15, 0.2) is 89.4 Å². The van der Waals surface area contributed by atoms with Crippen molar-refractivity contribution in [3.8, 4) is 33.4 Å². The summed E-state index contributed by atoms with van der Waals surface area (Å²) in [4.78, 5) is 44.9. The zero-order chi connectivity index (χ0) is 39.5. The first-order valence-corrected chi connectivity index (χ1v) is 20.9. The topological polar surface area (TPSA) is 144 Å². The van der Waals surface area contributed by atoms with E-state index in [0.29, 0.717) is 23.5 Å². The van der Waals surface area contributed by atoms with E-state index in [1.165, 1.54) is 0 Å². The van der Waals surface area contributed by atoms with Gasteiger partial charge in [-0.3, -0.25) is 24.2 Å². The van der Waals surface area contributed by atoms with Crippen LogP contribution in [-0.2, 0) is 4.79 Å². The molecule has 0 radical (unpaired) electrons. The van der Waals surface area contributed by atoms with Gasteiger partial charge in [-0.2, -0.15) is 0 Å². The van der Waals surface area contributed by atoms with Crippen molar-refractivity contribution in [3.05, 3.63) is 101 Å². The molecule has 14 heteroatoms. The van der Waals surface area contributed by atoms with Gasteiger partial charge in [0.25, 0.3) is 11.8 Å². The predicted octanol–water partition coefficient (Wildman–Crippen LogP) is 6.91. The van der Waals surface area contributed by atoms with Crippen LogP contribution in [-0.4, -0.2) is 107 Å². The van der Waals surface area contributed by atoms with Crippen molar-refractivity contribution < 1.29 is 34.1 Å². The Kier molecular flexibility index (Phi) is 11.8. The molecule has 3 aliphatic rings. The number of imide groups is 1. The summed E-state index contributed by atoms with van der Waals surface area (Å²) in [6, 6.07) is 25.6. The number of nitrogens with one attached hydrogen (secondary N) is 2. The van der Waals surface area contributed by atoms with Gasteiger partial charge in [0, 0.05) is 52.8 Å². The molecule has 0 aliphatic carbocycles. The quantitative estimate of drug-likeness (QED) is 0.0729. The second-order valence-electron chi connectivity index (χ2n) is 14.5. The Balaban J connectivity index is 0.770. The number of hydrogen-bond donors (Lipinski definition) is 4. The molecule has 3 aliphatic heterocycles. The highest BCUT2D eigenvalue weighted by atomic mass is 79.9. The predicted molar refractivity (Wildman–Crippen MR) is 223 cm³/mol. The number of carbonyl (C=O) groups excluding carboxylic acids is 3. The second-order valence-corrected chi connectivity index (χ2v) is 16.5. The van der Waals surface area contributed by atoms with Crippen molar-refractivity contribution in [1.82, 2.24) is 20.0 Å². The lowest BCUT2D eigenvalue weighted by Crippen LogP contribution is -2.57. The molecule has 1 aromatic heterocycles. The Morgan fingerprint density at radius 1 is 0.842 bits per heavy atom. The number of nitrogens with zero attached hydrogens (tertiary/aromatic N) is 3. The number of aromatic hydroxyl groups is 1. The molecule has 2 fully saturated rings. The van der Waals surface area contributed by atoms with Crippen molar-refractivity contribution in [1.29, 1.82) is 0 Å². The van der Waals surface area contributed by atoms with E-state index in [0.717, 1.165) is 106 Å². The van der Waals surface area contributed by atoms with Gasteiger partial charge in [0.05, 0.1) is 22.0 Å². The highest BCUT2D eigenvalue weighted by Crippen LogP contribution is 2.47. The van der Waals surface area contributed by atoms with Crippen molar-refractivity contribution >= 4 is 60.8 Å². The molecular weight excluding hydrogens is 810 g/mol.